The third-order valence-corrected chi connectivity index (χ3v) is 3.92. The quantitative estimate of drug-likeness (QED) is 0.850. The van der Waals surface area contributed by atoms with Crippen LogP contribution in [0.4, 0.5) is 0 Å². The third-order valence-electron chi connectivity index (χ3n) is 3.92. The van der Waals surface area contributed by atoms with Gasteiger partial charge in [0.25, 0.3) is 0 Å². The predicted octanol–water partition coefficient (Wildman–Crippen LogP) is 1.45. The Balaban J connectivity index is 2.13. The molecule has 0 unspecified atom stereocenters. The lowest BCUT2D eigenvalue weighted by Crippen LogP contribution is -2.38. The number of hydrogen-bond acceptors (Lipinski definition) is 3. The summed E-state index contributed by atoms with van der Waals surface area (Å²) in [6, 6.07) is 0. The lowest BCUT2D eigenvalue weighted by Gasteiger charge is -2.34. The van der Waals surface area contributed by atoms with Crippen molar-refractivity contribution in [1.82, 2.24) is 9.78 Å². The standard InChI is InChI=1S/C13H20N2O3/c1-2-15-9-10(8-14-15)7-13(12(17)18)5-3-11(16)4-6-13/h8-9,11,16H,2-7H2,1H3,(H,17,18). The first-order chi connectivity index (χ1) is 8.55. The minimum Gasteiger partial charge on any atom is -0.481 e. The number of carboxylic acid groups (broad SMARTS) is 1. The molecule has 0 aromatic carbocycles. The number of hydrogen-bond donors (Lipinski definition) is 2. The van der Waals surface area contributed by atoms with Crippen molar-refractivity contribution in [3.63, 3.8) is 0 Å². The molecule has 0 atom stereocenters. The van der Waals surface area contributed by atoms with Gasteiger partial charge in [0, 0.05) is 12.7 Å². The first-order valence-electron chi connectivity index (χ1n) is 6.48. The Bertz CT molecular complexity index is 420. The number of aliphatic hydroxyl groups excluding tert-OH is 1. The van der Waals surface area contributed by atoms with Gasteiger partial charge in [0.05, 0.1) is 17.7 Å². The zero-order valence-corrected chi connectivity index (χ0v) is 10.7. The maximum absolute atomic E-state index is 11.6. The van der Waals surface area contributed by atoms with Gasteiger partial charge in [0.15, 0.2) is 0 Å². The smallest absolute Gasteiger partial charge is 0.309 e. The van der Waals surface area contributed by atoms with Crippen molar-refractivity contribution in [3.8, 4) is 0 Å². The molecule has 100 valence electrons. The van der Waals surface area contributed by atoms with Gasteiger partial charge in [0.2, 0.25) is 0 Å². The molecular formula is C13H20N2O3. The van der Waals surface area contributed by atoms with E-state index in [-0.39, 0.29) is 6.10 Å². The van der Waals surface area contributed by atoms with Gasteiger partial charge in [-0.2, -0.15) is 5.10 Å². The zero-order chi connectivity index (χ0) is 13.2. The van der Waals surface area contributed by atoms with Gasteiger partial charge in [-0.15, -0.1) is 0 Å². The molecule has 0 bridgehead atoms. The molecule has 1 saturated carbocycles. The van der Waals surface area contributed by atoms with Crippen molar-refractivity contribution in [1.29, 1.82) is 0 Å². The number of nitrogens with zero attached hydrogens (tertiary/aromatic N) is 2. The number of aliphatic carboxylic acids is 1. The zero-order valence-electron chi connectivity index (χ0n) is 10.7. The Kier molecular flexibility index (Phi) is 3.71. The second kappa shape index (κ2) is 5.10. The van der Waals surface area contributed by atoms with Crippen LogP contribution in [0.15, 0.2) is 12.4 Å². The molecule has 2 N–H and O–H groups in total. The third kappa shape index (κ3) is 2.56. The van der Waals surface area contributed by atoms with Crippen molar-refractivity contribution >= 4 is 5.97 Å². The van der Waals surface area contributed by atoms with Gasteiger partial charge in [-0.3, -0.25) is 9.48 Å². The summed E-state index contributed by atoms with van der Waals surface area (Å²) >= 11 is 0. The maximum Gasteiger partial charge on any atom is 0.309 e. The molecule has 1 aliphatic carbocycles. The molecule has 0 spiro atoms. The highest BCUT2D eigenvalue weighted by atomic mass is 16.4. The van der Waals surface area contributed by atoms with E-state index in [0.29, 0.717) is 32.1 Å². The van der Waals surface area contributed by atoms with E-state index in [1.165, 1.54) is 0 Å². The van der Waals surface area contributed by atoms with Gasteiger partial charge in [-0.05, 0) is 44.6 Å². The normalized spacial score (nSPS) is 28.2. The second-order valence-corrected chi connectivity index (χ2v) is 5.20. The van der Waals surface area contributed by atoms with Crippen LogP contribution >= 0.6 is 0 Å². The summed E-state index contributed by atoms with van der Waals surface area (Å²) in [5.41, 5.74) is 0.247. The topological polar surface area (TPSA) is 75.4 Å². The number of aromatic nitrogens is 2. The van der Waals surface area contributed by atoms with E-state index in [2.05, 4.69) is 5.10 Å². The Morgan fingerprint density at radius 2 is 2.22 bits per heavy atom. The molecule has 0 radical (unpaired) electrons. The fourth-order valence-electron chi connectivity index (χ4n) is 2.68. The average Bonchev–Trinajstić information content (AvgIpc) is 2.79. The lowest BCUT2D eigenvalue weighted by atomic mass is 9.70. The molecule has 1 heterocycles. The molecule has 5 heteroatoms. The summed E-state index contributed by atoms with van der Waals surface area (Å²) in [5, 5.41) is 23.2. The van der Waals surface area contributed by atoms with Crippen LogP contribution in [-0.2, 0) is 17.8 Å². The summed E-state index contributed by atoms with van der Waals surface area (Å²) in [7, 11) is 0. The van der Waals surface area contributed by atoms with Gasteiger partial charge in [-0.1, -0.05) is 0 Å². The minimum atomic E-state index is -0.751. The summed E-state index contributed by atoms with van der Waals surface area (Å²) in [5.74, 6) is -0.751. The van der Waals surface area contributed by atoms with E-state index in [1.807, 2.05) is 17.8 Å². The molecule has 2 rings (SSSR count). The average molecular weight is 252 g/mol. The highest BCUT2D eigenvalue weighted by Crippen LogP contribution is 2.39. The van der Waals surface area contributed by atoms with Crippen molar-refractivity contribution in [3.05, 3.63) is 18.0 Å². The number of aliphatic hydroxyl groups is 1. The van der Waals surface area contributed by atoms with E-state index in [9.17, 15) is 15.0 Å². The Hall–Kier alpha value is -1.36. The number of carbonyl (C=O) groups is 1. The van der Waals surface area contributed by atoms with Crippen LogP contribution in [0.3, 0.4) is 0 Å². The van der Waals surface area contributed by atoms with Crippen LogP contribution < -0.4 is 0 Å². The molecule has 18 heavy (non-hydrogen) atoms. The van der Waals surface area contributed by atoms with Gasteiger partial charge in [-0.25, -0.2) is 0 Å². The highest BCUT2D eigenvalue weighted by molar-refractivity contribution is 5.75. The fourth-order valence-corrected chi connectivity index (χ4v) is 2.68. The summed E-state index contributed by atoms with van der Waals surface area (Å²) in [6.45, 7) is 2.79. The van der Waals surface area contributed by atoms with Crippen LogP contribution in [0.25, 0.3) is 0 Å². The van der Waals surface area contributed by atoms with Crippen LogP contribution in [0.1, 0.15) is 38.2 Å². The van der Waals surface area contributed by atoms with Gasteiger partial charge < -0.3 is 10.2 Å². The molecule has 0 amide bonds. The summed E-state index contributed by atoms with van der Waals surface area (Å²) in [4.78, 5) is 11.6. The number of carboxylic acids is 1. The van der Waals surface area contributed by atoms with Gasteiger partial charge in [0.1, 0.15) is 0 Å². The molecule has 1 aromatic rings. The Labute approximate surface area is 106 Å². The van der Waals surface area contributed by atoms with Crippen molar-refractivity contribution in [2.24, 2.45) is 5.41 Å². The van der Waals surface area contributed by atoms with E-state index >= 15 is 0 Å². The fraction of sp³-hybridized carbons (Fsp3) is 0.692. The summed E-state index contributed by atoms with van der Waals surface area (Å²) < 4.78 is 1.81. The first kappa shape index (κ1) is 13.1. The molecule has 0 saturated heterocycles. The summed E-state index contributed by atoms with van der Waals surface area (Å²) in [6.07, 6.45) is 6.07. The molecule has 5 nitrogen and oxygen atoms in total. The van der Waals surface area contributed by atoms with Crippen molar-refractivity contribution < 1.29 is 15.0 Å². The van der Waals surface area contributed by atoms with Crippen LogP contribution in [0, 0.1) is 5.41 Å². The van der Waals surface area contributed by atoms with E-state index in [1.54, 1.807) is 6.20 Å². The largest absolute Gasteiger partial charge is 0.481 e. The molecule has 1 aliphatic rings. The predicted molar refractivity (Wildman–Crippen MR) is 66.1 cm³/mol. The minimum absolute atomic E-state index is 0.337. The first-order valence-corrected chi connectivity index (χ1v) is 6.48. The van der Waals surface area contributed by atoms with Crippen LogP contribution in [0.5, 0.6) is 0 Å². The Morgan fingerprint density at radius 3 is 2.72 bits per heavy atom. The van der Waals surface area contributed by atoms with E-state index in [4.69, 9.17) is 0 Å². The number of rotatable bonds is 4. The number of aryl methyl sites for hydroxylation is 1. The maximum atomic E-state index is 11.6. The highest BCUT2D eigenvalue weighted by Gasteiger charge is 2.41. The monoisotopic (exact) mass is 252 g/mol. The van der Waals surface area contributed by atoms with E-state index < -0.39 is 11.4 Å². The lowest BCUT2D eigenvalue weighted by molar-refractivity contribution is -0.152. The van der Waals surface area contributed by atoms with Crippen molar-refractivity contribution in [2.75, 3.05) is 0 Å². The Morgan fingerprint density at radius 1 is 1.56 bits per heavy atom. The second-order valence-electron chi connectivity index (χ2n) is 5.20. The SMILES string of the molecule is CCn1cc(CC2(C(=O)O)CCC(O)CC2)cn1. The van der Waals surface area contributed by atoms with Crippen molar-refractivity contribution in [2.45, 2.75) is 51.7 Å². The molecule has 0 aliphatic heterocycles. The van der Waals surface area contributed by atoms with E-state index in [0.717, 1.165) is 12.1 Å². The molecule has 1 aromatic heterocycles. The molecule has 1 fully saturated rings. The van der Waals surface area contributed by atoms with Crippen LogP contribution in [-0.4, -0.2) is 32.1 Å². The molecular weight excluding hydrogens is 232 g/mol. The van der Waals surface area contributed by atoms with Gasteiger partial charge >= 0.3 is 5.97 Å². The van der Waals surface area contributed by atoms with Crippen LogP contribution in [0.2, 0.25) is 0 Å².